The second-order valence-electron chi connectivity index (χ2n) is 13.6. The van der Waals surface area contributed by atoms with Gasteiger partial charge in [-0.05, 0) is 70.0 Å². The average Bonchev–Trinajstić information content (AvgIpc) is 3.50. The van der Waals surface area contributed by atoms with E-state index in [2.05, 4.69) is 25.0 Å². The maximum absolute atomic E-state index is 13.4. The Balaban J connectivity index is 1.19. The lowest BCUT2D eigenvalue weighted by Crippen LogP contribution is -2.64. The molecule has 0 radical (unpaired) electrons. The first-order valence-corrected chi connectivity index (χ1v) is 16.8. The number of alkyl halides is 3. The standard InChI is InChI=1S/C34H40ClF2N7O5/c1-33(2,3)49-32(47)42-16-14-41(15-17-42)24-20-43(21-24)30-26(27-12-13-39-44(27)28-6-4-5-7-29(28)45)18-22(19-38-30)31(46)40-23-8-10-25(11-9-23)48-34(35,36)37/h8-13,18-19,24,28H,4-7,14-17,20-21H2,1-3H3,(H,40,46). The topological polar surface area (TPSA) is 122 Å². The molecule has 1 unspecified atom stereocenters. The summed E-state index contributed by atoms with van der Waals surface area (Å²) in [6.07, 6.45) is 5.83. The third kappa shape index (κ3) is 8.30. The number of amides is 2. The third-order valence-electron chi connectivity index (χ3n) is 8.88. The fraction of sp³-hybridized carbons (Fsp3) is 0.500. The van der Waals surface area contributed by atoms with Crippen molar-refractivity contribution in [3.05, 3.63) is 54.4 Å². The van der Waals surface area contributed by atoms with Crippen LogP contribution in [0.4, 0.5) is 25.1 Å². The lowest BCUT2D eigenvalue weighted by atomic mass is 9.93. The molecule has 15 heteroatoms. The van der Waals surface area contributed by atoms with E-state index in [1.807, 2.05) is 26.8 Å². The molecule has 262 valence electrons. The summed E-state index contributed by atoms with van der Waals surface area (Å²) in [4.78, 5) is 49.9. The van der Waals surface area contributed by atoms with E-state index in [1.54, 1.807) is 21.8 Å². The summed E-state index contributed by atoms with van der Waals surface area (Å²) in [5.74, 6) is 0.192. The van der Waals surface area contributed by atoms with Gasteiger partial charge in [0.25, 0.3) is 5.91 Å². The van der Waals surface area contributed by atoms with E-state index in [4.69, 9.17) is 21.3 Å². The molecule has 3 aromatic rings. The molecule has 3 aliphatic rings. The zero-order valence-electron chi connectivity index (χ0n) is 27.7. The van der Waals surface area contributed by atoms with Gasteiger partial charge in [0.2, 0.25) is 0 Å². The molecular formula is C34H40ClF2N7O5. The normalized spacial score (nSPS) is 19.4. The van der Waals surface area contributed by atoms with Gasteiger partial charge in [0.1, 0.15) is 23.2 Å². The number of nitrogens with one attached hydrogen (secondary N) is 1. The lowest BCUT2D eigenvalue weighted by Gasteiger charge is -2.49. The number of carbonyl (C=O) groups is 3. The Morgan fingerprint density at radius 2 is 1.73 bits per heavy atom. The number of hydrogen-bond donors (Lipinski definition) is 1. The summed E-state index contributed by atoms with van der Waals surface area (Å²) in [5, 5.41) is 7.31. The molecule has 2 aliphatic heterocycles. The Labute approximate surface area is 288 Å². The molecule has 1 atom stereocenters. The highest BCUT2D eigenvalue weighted by Gasteiger charge is 2.38. The number of halogens is 3. The van der Waals surface area contributed by atoms with Gasteiger partial charge in [-0.25, -0.2) is 9.78 Å². The first-order valence-electron chi connectivity index (χ1n) is 16.4. The molecule has 1 saturated carbocycles. The number of nitrogens with zero attached hydrogens (tertiary/aromatic N) is 6. The summed E-state index contributed by atoms with van der Waals surface area (Å²) in [5.41, 5.74) is -2.41. The van der Waals surface area contributed by atoms with E-state index < -0.39 is 23.1 Å². The molecule has 0 bridgehead atoms. The van der Waals surface area contributed by atoms with Gasteiger partial charge in [0.05, 0.1) is 11.3 Å². The highest BCUT2D eigenvalue weighted by molar-refractivity contribution is 6.20. The van der Waals surface area contributed by atoms with Crippen LogP contribution in [-0.4, -0.2) is 98.8 Å². The molecule has 6 rings (SSSR count). The Hall–Kier alpha value is -4.30. The van der Waals surface area contributed by atoms with Gasteiger partial charge in [0, 0.05) is 87.0 Å². The van der Waals surface area contributed by atoms with Crippen LogP contribution in [-0.2, 0) is 9.53 Å². The Bertz CT molecular complexity index is 1680. The van der Waals surface area contributed by atoms with Crippen LogP contribution in [0.15, 0.2) is 48.8 Å². The number of Topliss-reactive ketones (excluding diaryl/α,β-unsaturated/α-hetero) is 1. The van der Waals surface area contributed by atoms with Crippen LogP contribution in [0.1, 0.15) is 62.9 Å². The minimum atomic E-state index is -3.85. The van der Waals surface area contributed by atoms with Gasteiger partial charge >= 0.3 is 11.7 Å². The van der Waals surface area contributed by atoms with Crippen LogP contribution in [0, 0.1) is 0 Å². The third-order valence-corrected chi connectivity index (χ3v) is 8.96. The van der Waals surface area contributed by atoms with Gasteiger partial charge < -0.3 is 24.6 Å². The van der Waals surface area contributed by atoms with Crippen LogP contribution in [0.2, 0.25) is 0 Å². The number of anilines is 2. The fourth-order valence-electron chi connectivity index (χ4n) is 6.42. The lowest BCUT2D eigenvalue weighted by molar-refractivity contribution is -0.124. The largest absolute Gasteiger partial charge is 0.487 e. The SMILES string of the molecule is CC(C)(C)OC(=O)N1CCN(C2CN(c3ncc(C(=O)Nc4ccc(OC(F)(F)Cl)cc4)cc3-c3ccnn3C3CCCCC3=O)C2)CC1. The van der Waals surface area contributed by atoms with E-state index in [9.17, 15) is 23.2 Å². The first kappa shape index (κ1) is 34.6. The number of aromatic nitrogens is 3. The van der Waals surface area contributed by atoms with Crippen molar-refractivity contribution in [3.8, 4) is 17.0 Å². The van der Waals surface area contributed by atoms with Crippen molar-refractivity contribution in [2.45, 2.75) is 69.7 Å². The van der Waals surface area contributed by atoms with Crippen molar-refractivity contribution < 1.29 is 32.6 Å². The van der Waals surface area contributed by atoms with E-state index in [0.717, 1.165) is 25.9 Å². The van der Waals surface area contributed by atoms with Crippen molar-refractivity contribution in [1.82, 2.24) is 24.6 Å². The summed E-state index contributed by atoms with van der Waals surface area (Å²) < 4.78 is 37.6. The molecule has 0 spiro atoms. The summed E-state index contributed by atoms with van der Waals surface area (Å²) in [7, 11) is 0. The van der Waals surface area contributed by atoms with Crippen molar-refractivity contribution in [2.75, 3.05) is 49.5 Å². The summed E-state index contributed by atoms with van der Waals surface area (Å²) in [6, 6.07) is 8.85. The smallest absolute Gasteiger partial charge is 0.444 e. The number of hydrogen-bond acceptors (Lipinski definition) is 9. The molecule has 49 heavy (non-hydrogen) atoms. The second-order valence-corrected chi connectivity index (χ2v) is 14.0. The molecule has 2 aromatic heterocycles. The molecular weight excluding hydrogens is 660 g/mol. The molecule has 1 N–H and O–H groups in total. The molecule has 1 aliphatic carbocycles. The minimum Gasteiger partial charge on any atom is -0.444 e. The number of carbonyl (C=O) groups excluding carboxylic acids is 3. The zero-order valence-corrected chi connectivity index (χ0v) is 28.5. The van der Waals surface area contributed by atoms with Gasteiger partial charge in [-0.3, -0.25) is 19.2 Å². The molecule has 1 aromatic carbocycles. The van der Waals surface area contributed by atoms with Gasteiger partial charge in [-0.2, -0.15) is 5.10 Å². The van der Waals surface area contributed by atoms with Crippen LogP contribution < -0.4 is 15.0 Å². The first-order chi connectivity index (χ1) is 23.2. The monoisotopic (exact) mass is 699 g/mol. The number of rotatable bonds is 8. The second kappa shape index (κ2) is 13.9. The van der Waals surface area contributed by atoms with E-state index in [0.29, 0.717) is 61.8 Å². The number of ketones is 1. The van der Waals surface area contributed by atoms with Crippen molar-refractivity contribution in [1.29, 1.82) is 0 Å². The van der Waals surface area contributed by atoms with E-state index in [-0.39, 0.29) is 29.2 Å². The number of pyridine rings is 1. The van der Waals surface area contributed by atoms with Crippen molar-refractivity contribution in [2.24, 2.45) is 0 Å². The predicted molar refractivity (Wildman–Crippen MR) is 179 cm³/mol. The van der Waals surface area contributed by atoms with Crippen molar-refractivity contribution >= 4 is 40.9 Å². The molecule has 4 heterocycles. The van der Waals surface area contributed by atoms with Crippen molar-refractivity contribution in [3.63, 3.8) is 0 Å². The number of ether oxygens (including phenoxy) is 2. The molecule has 2 amide bonds. The number of piperazine rings is 1. The quantitative estimate of drug-likeness (QED) is 0.291. The van der Waals surface area contributed by atoms with Gasteiger partial charge in [-0.1, -0.05) is 6.42 Å². The zero-order chi connectivity index (χ0) is 34.9. The van der Waals surface area contributed by atoms with Crippen LogP contribution in [0.3, 0.4) is 0 Å². The average molecular weight is 700 g/mol. The maximum atomic E-state index is 13.4. The Morgan fingerprint density at radius 1 is 1.02 bits per heavy atom. The molecule has 12 nitrogen and oxygen atoms in total. The van der Waals surface area contributed by atoms with Crippen LogP contribution in [0.5, 0.6) is 5.75 Å². The van der Waals surface area contributed by atoms with E-state index >= 15 is 0 Å². The van der Waals surface area contributed by atoms with Crippen LogP contribution >= 0.6 is 11.6 Å². The molecule has 3 fully saturated rings. The minimum absolute atomic E-state index is 0.133. The highest BCUT2D eigenvalue weighted by atomic mass is 35.5. The maximum Gasteiger partial charge on any atom is 0.487 e. The molecule has 2 saturated heterocycles. The summed E-state index contributed by atoms with van der Waals surface area (Å²) >= 11 is 4.85. The predicted octanol–water partition coefficient (Wildman–Crippen LogP) is 5.79. The Morgan fingerprint density at radius 3 is 2.39 bits per heavy atom. The Kier molecular flexibility index (Phi) is 9.81. The number of benzene rings is 1. The van der Waals surface area contributed by atoms with Crippen LogP contribution in [0.25, 0.3) is 11.3 Å². The fourth-order valence-corrected chi connectivity index (χ4v) is 6.51. The van der Waals surface area contributed by atoms with Gasteiger partial charge in [0.15, 0.2) is 5.78 Å². The summed E-state index contributed by atoms with van der Waals surface area (Å²) in [6.45, 7) is 9.61. The van der Waals surface area contributed by atoms with E-state index in [1.165, 1.54) is 30.5 Å². The highest BCUT2D eigenvalue weighted by Crippen LogP contribution is 2.37. The van der Waals surface area contributed by atoms with Gasteiger partial charge in [-0.15, -0.1) is 8.78 Å².